The van der Waals surface area contributed by atoms with Gasteiger partial charge >= 0.3 is 0 Å². The second-order valence-corrected chi connectivity index (χ2v) is 6.22. The number of hydrogen-bond donors (Lipinski definition) is 0. The fourth-order valence-corrected chi connectivity index (χ4v) is 2.83. The van der Waals surface area contributed by atoms with Gasteiger partial charge in [-0.05, 0) is 42.0 Å². The van der Waals surface area contributed by atoms with E-state index in [2.05, 4.69) is 15.9 Å². The number of carboxylic acids is 1. The monoisotopic (exact) mass is 378 g/mol. The zero-order valence-electron chi connectivity index (χ0n) is 11.1. The van der Waals surface area contributed by atoms with Gasteiger partial charge in [0.05, 0.1) is 15.8 Å². The first-order valence-electron chi connectivity index (χ1n) is 6.06. The maximum Gasteiger partial charge on any atom is 0.283 e. The van der Waals surface area contributed by atoms with Crippen molar-refractivity contribution in [2.24, 2.45) is 0 Å². The molecule has 0 amide bonds. The molecular weight excluding hydrogens is 370 g/mol. The quantitative estimate of drug-likeness (QED) is 0.452. The van der Waals surface area contributed by atoms with Crippen molar-refractivity contribution >= 4 is 45.4 Å². The lowest BCUT2D eigenvalue weighted by Gasteiger charge is -2.04. The number of nitro benzene ring substituents is 1. The van der Waals surface area contributed by atoms with Crippen LogP contribution in [0.5, 0.6) is 0 Å². The molecule has 0 atom stereocenters. The summed E-state index contributed by atoms with van der Waals surface area (Å²) >= 11 is 4.60. The van der Waals surface area contributed by atoms with Crippen molar-refractivity contribution < 1.29 is 14.8 Å². The summed E-state index contributed by atoms with van der Waals surface area (Å²) in [5.74, 6) is -1.35. The molecule has 0 aliphatic rings. The van der Waals surface area contributed by atoms with Gasteiger partial charge in [-0.25, -0.2) is 0 Å². The Morgan fingerprint density at radius 1 is 1.18 bits per heavy atom. The second-order valence-electron chi connectivity index (χ2n) is 4.19. The van der Waals surface area contributed by atoms with Crippen molar-refractivity contribution in [1.29, 1.82) is 0 Å². The maximum absolute atomic E-state index is 11.2. The van der Waals surface area contributed by atoms with Crippen molar-refractivity contribution in [2.45, 2.75) is 9.79 Å². The average molecular weight is 379 g/mol. The van der Waals surface area contributed by atoms with Gasteiger partial charge in [0.15, 0.2) is 0 Å². The second kappa shape index (κ2) is 7.24. The Kier molecular flexibility index (Phi) is 5.35. The number of aliphatic carboxylic acids is 1. The number of carbonyl (C=O) groups is 1. The molecule has 0 radical (unpaired) electrons. The van der Waals surface area contributed by atoms with Crippen molar-refractivity contribution in [2.75, 3.05) is 0 Å². The Labute approximate surface area is 138 Å². The minimum atomic E-state index is -1.35. The first-order chi connectivity index (χ1) is 10.5. The topological polar surface area (TPSA) is 83.3 Å². The van der Waals surface area contributed by atoms with Gasteiger partial charge in [-0.3, -0.25) is 10.1 Å². The Hall–Kier alpha value is -2.12. The normalized spacial score (nSPS) is 10.8. The Morgan fingerprint density at radius 2 is 1.86 bits per heavy atom. The van der Waals surface area contributed by atoms with Gasteiger partial charge in [-0.15, -0.1) is 0 Å². The van der Waals surface area contributed by atoms with E-state index in [0.717, 1.165) is 15.4 Å². The van der Waals surface area contributed by atoms with E-state index in [4.69, 9.17) is 0 Å². The summed E-state index contributed by atoms with van der Waals surface area (Å²) in [5, 5.41) is 21.6. The fourth-order valence-electron chi connectivity index (χ4n) is 1.66. The molecule has 0 spiro atoms. The summed E-state index contributed by atoms with van der Waals surface area (Å²) in [6.07, 6.45) is 2.09. The van der Waals surface area contributed by atoms with Crippen LogP contribution in [0.2, 0.25) is 0 Å². The molecule has 7 heteroatoms. The number of carbonyl (C=O) groups excluding carboxylic acids is 1. The Bertz CT molecular complexity index is 744. The zero-order chi connectivity index (χ0) is 16.1. The number of nitrogens with zero attached hydrogens (tertiary/aromatic N) is 1. The molecule has 0 N–H and O–H groups in total. The van der Waals surface area contributed by atoms with Crippen LogP contribution in [0, 0.1) is 10.1 Å². The third-order valence-corrected chi connectivity index (χ3v) is 4.23. The molecule has 0 aliphatic heterocycles. The van der Waals surface area contributed by atoms with Crippen molar-refractivity contribution in [3.63, 3.8) is 0 Å². The number of benzene rings is 2. The van der Waals surface area contributed by atoms with E-state index in [9.17, 15) is 20.0 Å². The van der Waals surface area contributed by atoms with Crippen LogP contribution in [0.1, 0.15) is 5.56 Å². The molecule has 2 aromatic rings. The highest BCUT2D eigenvalue weighted by atomic mass is 79.9. The highest BCUT2D eigenvalue weighted by molar-refractivity contribution is 9.10. The molecule has 2 rings (SSSR count). The molecule has 22 heavy (non-hydrogen) atoms. The van der Waals surface area contributed by atoms with E-state index < -0.39 is 10.9 Å². The fraction of sp³-hybridized carbons (Fsp3) is 0. The minimum absolute atomic E-state index is 0.0755. The standard InChI is InChI=1S/C15H10BrNO4S/c16-11-3-5-12(6-4-11)22-14-7-1-10(2-8-15(18)19)9-13(14)17(20)21/h1-9H,(H,18,19)/p-1/b8-2+. The molecule has 0 aliphatic carbocycles. The molecular formula is C15H9BrNO4S-. The Balaban J connectivity index is 2.32. The summed E-state index contributed by atoms with van der Waals surface area (Å²) in [5.41, 5.74) is 0.351. The minimum Gasteiger partial charge on any atom is -0.545 e. The highest BCUT2D eigenvalue weighted by Gasteiger charge is 2.15. The number of carboxylic acid groups (broad SMARTS) is 1. The third-order valence-electron chi connectivity index (χ3n) is 2.63. The van der Waals surface area contributed by atoms with Gasteiger partial charge in [-0.1, -0.05) is 39.8 Å². The van der Waals surface area contributed by atoms with E-state index in [1.54, 1.807) is 12.1 Å². The average Bonchev–Trinajstić information content (AvgIpc) is 2.48. The largest absolute Gasteiger partial charge is 0.545 e. The van der Waals surface area contributed by atoms with Crippen LogP contribution >= 0.6 is 27.7 Å². The van der Waals surface area contributed by atoms with Crippen molar-refractivity contribution in [3.8, 4) is 0 Å². The molecule has 0 saturated carbocycles. The molecule has 112 valence electrons. The molecule has 2 aromatic carbocycles. The number of hydrogen-bond acceptors (Lipinski definition) is 5. The molecule has 0 bridgehead atoms. The predicted octanol–water partition coefficient (Wildman–Crippen LogP) is 3.27. The molecule has 0 heterocycles. The van der Waals surface area contributed by atoms with E-state index >= 15 is 0 Å². The van der Waals surface area contributed by atoms with Crippen molar-refractivity contribution in [1.82, 2.24) is 0 Å². The zero-order valence-corrected chi connectivity index (χ0v) is 13.5. The van der Waals surface area contributed by atoms with E-state index in [1.165, 1.54) is 23.9 Å². The van der Waals surface area contributed by atoms with Crippen LogP contribution in [0.4, 0.5) is 5.69 Å². The summed E-state index contributed by atoms with van der Waals surface area (Å²) < 4.78 is 0.925. The molecule has 0 aromatic heterocycles. The predicted molar refractivity (Wildman–Crippen MR) is 85.4 cm³/mol. The highest BCUT2D eigenvalue weighted by Crippen LogP contribution is 2.35. The number of rotatable bonds is 5. The van der Waals surface area contributed by atoms with Crippen LogP contribution in [-0.4, -0.2) is 10.9 Å². The van der Waals surface area contributed by atoms with E-state index in [1.807, 2.05) is 24.3 Å². The van der Waals surface area contributed by atoms with Crippen LogP contribution in [0.3, 0.4) is 0 Å². The maximum atomic E-state index is 11.2. The van der Waals surface area contributed by atoms with Gasteiger partial charge < -0.3 is 9.90 Å². The van der Waals surface area contributed by atoms with E-state index in [-0.39, 0.29) is 5.69 Å². The van der Waals surface area contributed by atoms with Gasteiger partial charge in [0.25, 0.3) is 5.69 Å². The SMILES string of the molecule is O=C([O-])/C=C/c1ccc(Sc2ccc(Br)cc2)c([N+](=O)[O-])c1. The van der Waals surface area contributed by atoms with Gasteiger partial charge in [-0.2, -0.15) is 0 Å². The van der Waals surface area contributed by atoms with Gasteiger partial charge in [0.1, 0.15) is 0 Å². The summed E-state index contributed by atoms with van der Waals surface area (Å²) in [6, 6.07) is 12.0. The first-order valence-corrected chi connectivity index (χ1v) is 7.67. The van der Waals surface area contributed by atoms with Crippen LogP contribution < -0.4 is 5.11 Å². The summed E-state index contributed by atoms with van der Waals surface area (Å²) in [6.45, 7) is 0. The van der Waals surface area contributed by atoms with Crippen LogP contribution in [-0.2, 0) is 4.79 Å². The lowest BCUT2D eigenvalue weighted by atomic mass is 10.2. The van der Waals surface area contributed by atoms with Gasteiger partial charge in [0, 0.05) is 15.4 Å². The molecule has 0 unspecified atom stereocenters. The van der Waals surface area contributed by atoms with Crippen LogP contribution in [0.25, 0.3) is 6.08 Å². The summed E-state index contributed by atoms with van der Waals surface area (Å²) in [4.78, 5) is 22.4. The summed E-state index contributed by atoms with van der Waals surface area (Å²) in [7, 11) is 0. The van der Waals surface area contributed by atoms with Gasteiger partial charge in [0.2, 0.25) is 0 Å². The van der Waals surface area contributed by atoms with Crippen molar-refractivity contribution in [3.05, 3.63) is 68.7 Å². The molecule has 5 nitrogen and oxygen atoms in total. The van der Waals surface area contributed by atoms with E-state index in [0.29, 0.717) is 10.5 Å². The lowest BCUT2D eigenvalue weighted by Crippen LogP contribution is -2.18. The Morgan fingerprint density at radius 3 is 2.45 bits per heavy atom. The number of nitro groups is 1. The molecule has 0 fully saturated rings. The first kappa shape index (κ1) is 16.3. The number of halogens is 1. The smallest absolute Gasteiger partial charge is 0.283 e. The molecule has 0 saturated heterocycles. The van der Waals surface area contributed by atoms with Crippen LogP contribution in [0.15, 0.2) is 62.8 Å². The lowest BCUT2D eigenvalue weighted by molar-refractivity contribution is -0.387. The third kappa shape index (κ3) is 4.44.